The number of aliphatic hydroxyl groups is 4. The molecule has 10 fully saturated rings. The number of hydrogen-bond acceptors (Lipinski definition) is 9. The van der Waals surface area contributed by atoms with Crippen molar-refractivity contribution < 1.29 is 39.5 Å². The van der Waals surface area contributed by atoms with Gasteiger partial charge in [-0.2, -0.15) is 0 Å². The molecule has 22 atom stereocenters. The van der Waals surface area contributed by atoms with E-state index in [0.717, 1.165) is 112 Å². The number of aldehydes is 1. The number of ether oxygens (including phenoxy) is 2. The van der Waals surface area contributed by atoms with Crippen LogP contribution in [0, 0.1) is 105 Å². The molecule has 0 unspecified atom stereocenters. The van der Waals surface area contributed by atoms with Crippen LogP contribution in [0.1, 0.15) is 175 Å². The zero-order valence-electron chi connectivity index (χ0n) is 50.1. The molecule has 3 aromatic carbocycles. The number of carbonyl (C=O) groups excluding carboxylic acids is 2. The predicted molar refractivity (Wildman–Crippen MR) is 322 cm³/mol. The lowest BCUT2D eigenvalue weighted by atomic mass is 9.32. The smallest absolute Gasteiger partial charge is 0.331 e. The van der Waals surface area contributed by atoms with Gasteiger partial charge in [0.05, 0.1) is 35.4 Å². The molecular weight excluding hydrogens is 1040 g/mol. The van der Waals surface area contributed by atoms with Crippen molar-refractivity contribution in [1.29, 1.82) is 0 Å². The van der Waals surface area contributed by atoms with Gasteiger partial charge in [0.2, 0.25) is 0 Å². The molecule has 3 aromatic rings. The first kappa shape index (κ1) is 55.2. The highest BCUT2D eigenvalue weighted by Crippen LogP contribution is 2.81. The number of nitrogens with one attached hydrogen (secondary N) is 1. The van der Waals surface area contributed by atoms with Crippen molar-refractivity contribution in [3.05, 3.63) is 118 Å². The van der Waals surface area contributed by atoms with E-state index in [1.165, 1.54) is 42.2 Å². The van der Waals surface area contributed by atoms with Gasteiger partial charge in [0, 0.05) is 51.7 Å². The zero-order valence-corrected chi connectivity index (χ0v) is 50.1. The molecule has 9 heteroatoms. The monoisotopic (exact) mass is 1140 g/mol. The van der Waals surface area contributed by atoms with Crippen molar-refractivity contribution in [3.63, 3.8) is 0 Å². The minimum absolute atomic E-state index is 0.00500. The molecule has 0 aromatic heterocycles. The molecule has 5 N–H and O–H groups in total. The lowest BCUT2D eigenvalue weighted by Gasteiger charge is -2.75. The first-order valence-electron chi connectivity index (χ1n) is 33.9. The highest BCUT2D eigenvalue weighted by molar-refractivity contribution is 5.86. The van der Waals surface area contributed by atoms with Crippen molar-refractivity contribution in [2.45, 2.75) is 215 Å². The molecule has 1 saturated heterocycles. The number of benzene rings is 3. The Kier molecular flexibility index (Phi) is 13.1. The SMILES string of the molecule is CN[C@@H]1Cc2c(cccc2CO)C#CC2(CCCC2)C[C@]23CC[C@H]4[C@@](O)(C[C@H]5C[C@@H]6CC[C@@H]7[C@H]8O[C@H](Cc9cccc(c9)C[C@H]9CC[C@@H](C9)[C@@H]6C)C[C@@H]6C[C@H](CCc9ccccc9)C[C@@]68C[C@@]4(C=O)[C@]57O)[C@@]2(O)C[C@@H]2C[C@H]1[C@H]1OC(=O)C=C1[C@@H]23. The van der Waals surface area contributed by atoms with Gasteiger partial charge in [-0.1, -0.05) is 98.3 Å². The van der Waals surface area contributed by atoms with E-state index in [1.54, 1.807) is 6.08 Å². The van der Waals surface area contributed by atoms with E-state index in [0.29, 0.717) is 68.6 Å². The van der Waals surface area contributed by atoms with Crippen molar-refractivity contribution in [2.75, 3.05) is 7.05 Å². The van der Waals surface area contributed by atoms with Crippen molar-refractivity contribution in [3.8, 4) is 11.8 Å². The fourth-order valence-electron chi connectivity index (χ4n) is 25.1. The molecule has 11 aliphatic carbocycles. The van der Waals surface area contributed by atoms with Crippen LogP contribution in [0.4, 0.5) is 0 Å². The maximum Gasteiger partial charge on any atom is 0.331 e. The zero-order chi connectivity index (χ0) is 57.2. The summed E-state index contributed by atoms with van der Waals surface area (Å²) in [5.74, 6) is 8.13. The highest BCUT2D eigenvalue weighted by atomic mass is 16.5. The van der Waals surface area contributed by atoms with Crippen LogP contribution in [0.2, 0.25) is 0 Å². The van der Waals surface area contributed by atoms with E-state index in [-0.39, 0.29) is 72.8 Å². The summed E-state index contributed by atoms with van der Waals surface area (Å²) in [6.07, 6.45) is 23.1. The van der Waals surface area contributed by atoms with Crippen LogP contribution in [0.3, 0.4) is 0 Å². The Balaban J connectivity index is 0.878. The van der Waals surface area contributed by atoms with Crippen LogP contribution >= 0.6 is 0 Å². The molecule has 446 valence electrons. The highest BCUT2D eigenvalue weighted by Gasteiger charge is 2.86. The second kappa shape index (κ2) is 19.9. The van der Waals surface area contributed by atoms with Crippen LogP contribution in [0.5, 0.6) is 0 Å². The van der Waals surface area contributed by atoms with E-state index >= 15 is 20.1 Å². The van der Waals surface area contributed by atoms with Crippen LogP contribution in [-0.2, 0) is 51.4 Å². The molecule has 12 bridgehead atoms. The molecule has 9 nitrogen and oxygen atoms in total. The van der Waals surface area contributed by atoms with E-state index in [2.05, 4.69) is 84.7 Å². The first-order valence-corrected chi connectivity index (χ1v) is 33.9. The average Bonchev–Trinajstić information content (AvgIpc) is 1.35. The summed E-state index contributed by atoms with van der Waals surface area (Å²) in [7, 11) is 1.99. The molecule has 3 heterocycles. The molecule has 17 rings (SSSR count). The van der Waals surface area contributed by atoms with E-state index < -0.39 is 56.4 Å². The molecular formula is C75H93NO8. The third kappa shape index (κ3) is 7.80. The number of carbonyl (C=O) groups is 2. The molecule has 3 spiro atoms. The van der Waals surface area contributed by atoms with Gasteiger partial charge < -0.3 is 40.0 Å². The van der Waals surface area contributed by atoms with Crippen LogP contribution in [-0.4, -0.2) is 80.9 Å². The van der Waals surface area contributed by atoms with Gasteiger partial charge >= 0.3 is 5.97 Å². The van der Waals surface area contributed by atoms with Crippen LogP contribution < -0.4 is 5.32 Å². The van der Waals surface area contributed by atoms with Crippen molar-refractivity contribution in [2.24, 2.45) is 92.7 Å². The third-order valence-electron chi connectivity index (χ3n) is 28.3. The number of rotatable bonds is 6. The standard InChI is InChI=1S/C75H93NO8/c1-45-52-19-18-49(30-52)29-47-12-8-13-48(28-47)32-58-35-56-31-50(17-16-46-10-4-3-5-11-46)38-70(56)43-72(44-78)64-23-27-71-42-69(24-6-7-25-69)26-22-51-14-9-15-54(41-77)59(51)36-63(76-2)60-34-55(66(71)61-37-65(79)84-67(60)61)39-74(71,81)73(64,80)40-57-33-53(45)20-21-62(68(70)83-58)75(57,72)82/h3-5,8-15,28,37,44-45,49-50,52-53,55-58,60,62-64,66-68,76-77,80-82H,6-7,16-21,23-25,27,29-36,38-43H2,1-2H3/t45-,49+,50-,52-,53-,55-,56-,57+,58+,60+,62+,63+,64+,66+,67+,68+,70+,71-,72-,73-,74+,75-/m0/s1. The van der Waals surface area contributed by atoms with Crippen molar-refractivity contribution >= 4 is 12.3 Å². The topological polar surface area (TPSA) is 146 Å². The van der Waals surface area contributed by atoms with Gasteiger partial charge in [-0.05, 0) is 247 Å². The van der Waals surface area contributed by atoms with Crippen LogP contribution in [0.15, 0.2) is 84.4 Å². The molecule has 84 heavy (non-hydrogen) atoms. The number of fused-ring (bicyclic) bond motifs is 11. The predicted octanol–water partition coefficient (Wildman–Crippen LogP) is 11.4. The Bertz CT molecular complexity index is 3190. The van der Waals surface area contributed by atoms with E-state index in [1.807, 2.05) is 19.2 Å². The minimum atomic E-state index is -1.74. The number of aliphatic hydroxyl groups excluding tert-OH is 1. The van der Waals surface area contributed by atoms with Gasteiger partial charge in [0.25, 0.3) is 0 Å². The molecule has 3 aliphatic heterocycles. The number of aryl methyl sites for hydroxylation is 1. The van der Waals surface area contributed by atoms with Gasteiger partial charge in [0.15, 0.2) is 0 Å². The van der Waals surface area contributed by atoms with Crippen molar-refractivity contribution in [1.82, 2.24) is 5.32 Å². The second-order valence-corrected chi connectivity index (χ2v) is 31.4. The largest absolute Gasteiger partial charge is 0.454 e. The maximum absolute atomic E-state index is 15.9. The summed E-state index contributed by atoms with van der Waals surface area (Å²) in [6, 6.07) is 26.3. The maximum atomic E-state index is 15.9. The Labute approximate surface area is 499 Å². The summed E-state index contributed by atoms with van der Waals surface area (Å²) < 4.78 is 14.5. The second-order valence-electron chi connectivity index (χ2n) is 31.4. The Hall–Kier alpha value is -4.14. The van der Waals surface area contributed by atoms with Gasteiger partial charge in [-0.3, -0.25) is 0 Å². The van der Waals surface area contributed by atoms with Gasteiger partial charge in [0.1, 0.15) is 18.0 Å². The quantitative estimate of drug-likeness (QED) is 0.0925. The summed E-state index contributed by atoms with van der Waals surface area (Å²) >= 11 is 0. The Morgan fingerprint density at radius 2 is 1.58 bits per heavy atom. The lowest BCUT2D eigenvalue weighted by molar-refractivity contribution is -0.367. The third-order valence-corrected chi connectivity index (χ3v) is 28.3. The number of hydrogen-bond donors (Lipinski definition) is 5. The van der Waals surface area contributed by atoms with Gasteiger partial charge in [-0.15, -0.1) is 0 Å². The average molecular weight is 1140 g/mol. The normalized spacial score (nSPS) is 47.1. The fourth-order valence-corrected chi connectivity index (χ4v) is 25.1. The fraction of sp³-hybridized carbons (Fsp3) is 0.680. The van der Waals surface area contributed by atoms with E-state index in [4.69, 9.17) is 9.47 Å². The molecule has 14 aliphatic rings. The molecule has 0 amide bonds. The first-order chi connectivity index (χ1) is 40.7. The number of esters is 1. The van der Waals surface area contributed by atoms with Crippen LogP contribution in [0.25, 0.3) is 0 Å². The molecule has 9 saturated carbocycles. The Morgan fingerprint density at radius 1 is 0.786 bits per heavy atom. The summed E-state index contributed by atoms with van der Waals surface area (Å²) in [4.78, 5) is 30.0. The summed E-state index contributed by atoms with van der Waals surface area (Å²) in [6.45, 7) is 2.41. The molecule has 0 radical (unpaired) electrons. The minimum Gasteiger partial charge on any atom is -0.454 e. The Morgan fingerprint density at radius 3 is 2.39 bits per heavy atom. The number of likely N-dealkylation sites (N-methyl/N-ethyl adjacent to an activating group) is 1. The lowest BCUT2D eigenvalue weighted by Crippen LogP contribution is -2.83. The summed E-state index contributed by atoms with van der Waals surface area (Å²) in [5, 5.41) is 60.5. The van der Waals surface area contributed by atoms with E-state index in [9.17, 15) is 9.90 Å². The van der Waals surface area contributed by atoms with Gasteiger partial charge in [-0.25, -0.2) is 4.79 Å². The summed E-state index contributed by atoms with van der Waals surface area (Å²) in [5.41, 5.74) is -0.0579.